The van der Waals surface area contributed by atoms with Crippen molar-refractivity contribution < 1.29 is 14.4 Å². The molecule has 0 bridgehead atoms. The zero-order chi connectivity index (χ0) is 25.1. The van der Waals surface area contributed by atoms with Gasteiger partial charge >= 0.3 is 5.97 Å². The number of nitrogens with two attached hydrogens (primary N) is 1. The molecule has 35 heavy (non-hydrogen) atoms. The maximum Gasteiger partial charge on any atom is 0.352 e. The number of aromatic nitrogens is 2. The van der Waals surface area contributed by atoms with Crippen LogP contribution in [0.25, 0.3) is 21.5 Å². The van der Waals surface area contributed by atoms with E-state index >= 15 is 0 Å². The number of carbonyl (C=O) groups is 1. The summed E-state index contributed by atoms with van der Waals surface area (Å²) < 4.78 is 7.65. The molecule has 0 radical (unpaired) electrons. The van der Waals surface area contributed by atoms with Crippen LogP contribution in [0.3, 0.4) is 0 Å². The standard InChI is InChI=1S/C17H10Cl2N2O3S.C8H18N2/c18-11-3-1-2-9-6-12(17(22)23)21(16(9)11)8-10-7-13(24-20-10)14-4-5-15(19)25-14;1-7(2)10-5-3-8(9)4-6-10/h1-7H,8H2,(H,22,23);7-8H,3-6,9H2,1-2H3. The van der Waals surface area contributed by atoms with Gasteiger partial charge in [0.1, 0.15) is 11.4 Å². The average molecular weight is 535 g/mol. The zero-order valence-electron chi connectivity index (χ0n) is 19.6. The van der Waals surface area contributed by atoms with Crippen LogP contribution >= 0.6 is 34.5 Å². The molecule has 1 aromatic carbocycles. The lowest BCUT2D eigenvalue weighted by molar-refractivity contribution is 0.0686. The van der Waals surface area contributed by atoms with Gasteiger partial charge in [0.15, 0.2) is 5.76 Å². The number of hydrogen-bond acceptors (Lipinski definition) is 6. The first-order valence-corrected chi connectivity index (χ1v) is 13.0. The number of carboxylic acid groups (broad SMARTS) is 1. The van der Waals surface area contributed by atoms with Crippen LogP contribution in [0.5, 0.6) is 0 Å². The van der Waals surface area contributed by atoms with Gasteiger partial charge in [-0.2, -0.15) is 0 Å². The topological polar surface area (TPSA) is 97.5 Å². The lowest BCUT2D eigenvalue weighted by Crippen LogP contribution is -2.42. The monoisotopic (exact) mass is 534 g/mol. The lowest BCUT2D eigenvalue weighted by atomic mass is 10.1. The number of piperidine rings is 1. The first-order valence-electron chi connectivity index (χ1n) is 11.4. The number of halogens is 2. The third-order valence-corrected chi connectivity index (χ3v) is 7.64. The van der Waals surface area contributed by atoms with E-state index in [2.05, 4.69) is 23.9 Å². The van der Waals surface area contributed by atoms with Crippen molar-refractivity contribution in [3.05, 3.63) is 63.2 Å². The Labute approximate surface area is 218 Å². The fourth-order valence-corrected chi connectivity index (χ4v) is 5.44. The van der Waals surface area contributed by atoms with Crippen molar-refractivity contribution in [2.75, 3.05) is 13.1 Å². The van der Waals surface area contributed by atoms with E-state index in [1.807, 2.05) is 12.1 Å². The third-order valence-electron chi connectivity index (χ3n) is 6.09. The van der Waals surface area contributed by atoms with Crippen molar-refractivity contribution in [3.63, 3.8) is 0 Å². The van der Waals surface area contributed by atoms with Gasteiger partial charge in [-0.05, 0) is 64.0 Å². The maximum absolute atomic E-state index is 11.6. The van der Waals surface area contributed by atoms with Gasteiger partial charge in [0.05, 0.1) is 26.3 Å². The molecule has 7 nitrogen and oxygen atoms in total. The molecular formula is C25H28Cl2N4O3S. The maximum atomic E-state index is 11.6. The molecule has 1 saturated heterocycles. The minimum Gasteiger partial charge on any atom is -0.477 e. The van der Waals surface area contributed by atoms with Gasteiger partial charge in [0.25, 0.3) is 0 Å². The molecule has 0 aliphatic carbocycles. The van der Waals surface area contributed by atoms with Crippen molar-refractivity contribution in [2.45, 2.75) is 45.3 Å². The highest BCUT2D eigenvalue weighted by Gasteiger charge is 2.19. The molecule has 10 heteroatoms. The number of thiophene rings is 1. The summed E-state index contributed by atoms with van der Waals surface area (Å²) in [6, 6.07) is 13.5. The second kappa shape index (κ2) is 11.1. The Morgan fingerprint density at radius 1 is 1.23 bits per heavy atom. The Bertz CT molecular complexity index is 1310. The summed E-state index contributed by atoms with van der Waals surface area (Å²) in [6.45, 7) is 7.11. The largest absolute Gasteiger partial charge is 0.477 e. The van der Waals surface area contributed by atoms with E-state index in [9.17, 15) is 9.90 Å². The number of rotatable bonds is 5. The number of likely N-dealkylation sites (tertiary alicyclic amines) is 1. The highest BCUT2D eigenvalue weighted by atomic mass is 35.5. The number of hydrogen-bond donors (Lipinski definition) is 2. The van der Waals surface area contributed by atoms with Crippen molar-refractivity contribution in [1.29, 1.82) is 0 Å². The van der Waals surface area contributed by atoms with E-state index in [-0.39, 0.29) is 12.2 Å². The highest BCUT2D eigenvalue weighted by molar-refractivity contribution is 7.19. The minimum atomic E-state index is -1.03. The number of carboxylic acids is 1. The van der Waals surface area contributed by atoms with Gasteiger partial charge in [-0.3, -0.25) is 0 Å². The highest BCUT2D eigenvalue weighted by Crippen LogP contribution is 2.32. The second-order valence-electron chi connectivity index (χ2n) is 8.85. The van der Waals surface area contributed by atoms with Crippen LogP contribution in [0.2, 0.25) is 9.36 Å². The second-order valence-corrected chi connectivity index (χ2v) is 11.0. The molecule has 0 amide bonds. The van der Waals surface area contributed by atoms with Gasteiger partial charge in [0.2, 0.25) is 0 Å². The van der Waals surface area contributed by atoms with E-state index in [0.29, 0.717) is 38.4 Å². The number of aromatic carboxylic acids is 1. The Balaban J connectivity index is 0.000000243. The molecular weight excluding hydrogens is 507 g/mol. The van der Waals surface area contributed by atoms with Crippen LogP contribution in [0, 0.1) is 0 Å². The summed E-state index contributed by atoms with van der Waals surface area (Å²) in [7, 11) is 0. The summed E-state index contributed by atoms with van der Waals surface area (Å²) in [6.07, 6.45) is 2.36. The normalized spacial score (nSPS) is 14.9. The van der Waals surface area contributed by atoms with Crippen molar-refractivity contribution in [3.8, 4) is 10.6 Å². The van der Waals surface area contributed by atoms with Gasteiger partial charge < -0.3 is 24.8 Å². The third kappa shape index (κ3) is 6.08. The molecule has 4 aromatic rings. The molecule has 4 heterocycles. The van der Waals surface area contributed by atoms with E-state index in [1.54, 1.807) is 34.9 Å². The minimum absolute atomic E-state index is 0.145. The van der Waals surface area contributed by atoms with Crippen LogP contribution in [-0.4, -0.2) is 50.9 Å². The Morgan fingerprint density at radius 2 is 1.97 bits per heavy atom. The number of fused-ring (bicyclic) bond motifs is 1. The quantitative estimate of drug-likeness (QED) is 0.315. The first kappa shape index (κ1) is 25.7. The molecule has 1 aliphatic heterocycles. The lowest BCUT2D eigenvalue weighted by Gasteiger charge is -2.32. The Hall–Kier alpha value is -2.36. The summed E-state index contributed by atoms with van der Waals surface area (Å²) >= 11 is 13.6. The smallest absolute Gasteiger partial charge is 0.352 e. The van der Waals surface area contributed by atoms with E-state index in [0.717, 1.165) is 10.3 Å². The molecule has 5 rings (SSSR count). The van der Waals surface area contributed by atoms with E-state index < -0.39 is 5.97 Å². The number of benzene rings is 1. The van der Waals surface area contributed by atoms with Crippen LogP contribution < -0.4 is 5.73 Å². The summed E-state index contributed by atoms with van der Waals surface area (Å²) in [5.41, 5.74) is 7.17. The summed E-state index contributed by atoms with van der Waals surface area (Å²) in [5.74, 6) is -0.438. The summed E-state index contributed by atoms with van der Waals surface area (Å²) in [4.78, 5) is 14.9. The summed E-state index contributed by atoms with van der Waals surface area (Å²) in [5, 5.41) is 14.8. The number of para-hydroxylation sites is 1. The van der Waals surface area contributed by atoms with Crippen molar-refractivity contribution >= 4 is 51.4 Å². The molecule has 1 aliphatic rings. The average Bonchev–Trinajstić information content (AvgIpc) is 3.54. The van der Waals surface area contributed by atoms with Crippen LogP contribution in [0.4, 0.5) is 0 Å². The molecule has 0 atom stereocenters. The van der Waals surface area contributed by atoms with E-state index in [4.69, 9.17) is 33.5 Å². The first-order chi connectivity index (χ1) is 16.7. The zero-order valence-corrected chi connectivity index (χ0v) is 21.9. The van der Waals surface area contributed by atoms with Gasteiger partial charge in [0, 0.05) is 23.5 Å². The van der Waals surface area contributed by atoms with Crippen LogP contribution in [-0.2, 0) is 6.54 Å². The van der Waals surface area contributed by atoms with Gasteiger partial charge in [-0.15, -0.1) is 11.3 Å². The molecule has 186 valence electrons. The molecule has 1 fully saturated rings. The molecule has 0 spiro atoms. The molecule has 3 N–H and O–H groups in total. The molecule has 0 saturated carbocycles. The Morgan fingerprint density at radius 3 is 2.60 bits per heavy atom. The Kier molecular flexibility index (Phi) is 8.19. The van der Waals surface area contributed by atoms with Crippen LogP contribution in [0.15, 0.2) is 47.0 Å². The predicted octanol–water partition coefficient (Wildman–Crippen LogP) is 6.23. The fourth-order valence-electron chi connectivity index (χ4n) is 4.17. The van der Waals surface area contributed by atoms with Crippen molar-refractivity contribution in [2.24, 2.45) is 5.73 Å². The van der Waals surface area contributed by atoms with E-state index in [1.165, 1.54) is 37.3 Å². The molecule has 3 aromatic heterocycles. The van der Waals surface area contributed by atoms with Crippen molar-refractivity contribution in [1.82, 2.24) is 14.6 Å². The molecule has 0 unspecified atom stereocenters. The predicted molar refractivity (Wildman–Crippen MR) is 142 cm³/mol. The SMILES string of the molecule is CC(C)N1CCC(N)CC1.O=C(O)c1cc2cccc(Cl)c2n1Cc1cc(-c2ccc(Cl)s2)on1. The van der Waals surface area contributed by atoms with Crippen LogP contribution in [0.1, 0.15) is 42.9 Å². The van der Waals surface area contributed by atoms with Gasteiger partial charge in [-0.25, -0.2) is 4.79 Å². The fraction of sp³-hybridized carbons (Fsp3) is 0.360. The number of nitrogens with zero attached hydrogens (tertiary/aromatic N) is 3. The van der Waals surface area contributed by atoms with Gasteiger partial charge in [-0.1, -0.05) is 40.5 Å².